The van der Waals surface area contributed by atoms with E-state index < -0.39 is 5.60 Å². The van der Waals surface area contributed by atoms with Crippen molar-refractivity contribution in [3.63, 3.8) is 0 Å². The summed E-state index contributed by atoms with van der Waals surface area (Å²) in [6.07, 6.45) is 24.1. The number of hydrogen-bond donors (Lipinski definition) is 0. The Labute approximate surface area is 161 Å². The van der Waals surface area contributed by atoms with E-state index in [9.17, 15) is 4.79 Å². The van der Waals surface area contributed by atoms with Crippen molar-refractivity contribution < 1.29 is 14.3 Å². The standard InChI is InChI=1S/C23H42O3/c1-3-4-5-6-7-8-9-10-11-12-13-14-15-16-18-23(26-21-25-2)19-17-22(24)20-23/h17,19H,3-16,18,20-21H2,1-2H3. The highest BCUT2D eigenvalue weighted by atomic mass is 16.7. The van der Waals surface area contributed by atoms with Gasteiger partial charge >= 0.3 is 0 Å². The lowest BCUT2D eigenvalue weighted by molar-refractivity contribution is -0.129. The topological polar surface area (TPSA) is 35.5 Å². The summed E-state index contributed by atoms with van der Waals surface area (Å²) in [7, 11) is 1.63. The molecule has 0 amide bonds. The first kappa shape index (κ1) is 23.4. The molecule has 0 bridgehead atoms. The van der Waals surface area contributed by atoms with Gasteiger partial charge in [-0.1, -0.05) is 96.8 Å². The number of hydrogen-bond acceptors (Lipinski definition) is 3. The lowest BCUT2D eigenvalue weighted by Gasteiger charge is -2.26. The van der Waals surface area contributed by atoms with Crippen LogP contribution in [0.3, 0.4) is 0 Å². The van der Waals surface area contributed by atoms with E-state index in [4.69, 9.17) is 9.47 Å². The fourth-order valence-electron chi connectivity index (χ4n) is 3.80. The molecule has 0 heterocycles. The molecular weight excluding hydrogens is 324 g/mol. The molecule has 1 rings (SSSR count). The van der Waals surface area contributed by atoms with Gasteiger partial charge in [0.1, 0.15) is 6.79 Å². The first-order valence-corrected chi connectivity index (χ1v) is 11.1. The number of unbranched alkanes of at least 4 members (excludes halogenated alkanes) is 13. The molecule has 0 spiro atoms. The minimum Gasteiger partial charge on any atom is -0.359 e. The van der Waals surface area contributed by atoms with Crippen LogP contribution < -0.4 is 0 Å². The van der Waals surface area contributed by atoms with Crippen LogP contribution in [0.15, 0.2) is 12.2 Å². The van der Waals surface area contributed by atoms with Gasteiger partial charge in [0.15, 0.2) is 5.78 Å². The predicted molar refractivity (Wildman–Crippen MR) is 109 cm³/mol. The van der Waals surface area contributed by atoms with E-state index in [-0.39, 0.29) is 12.6 Å². The van der Waals surface area contributed by atoms with Gasteiger partial charge in [0, 0.05) is 13.5 Å². The van der Waals surface area contributed by atoms with E-state index in [1.54, 1.807) is 13.2 Å². The molecule has 1 atom stereocenters. The number of carbonyl (C=O) groups excluding carboxylic acids is 1. The van der Waals surface area contributed by atoms with E-state index in [2.05, 4.69) is 6.92 Å². The Morgan fingerprint density at radius 3 is 1.77 bits per heavy atom. The molecule has 0 fully saturated rings. The summed E-state index contributed by atoms with van der Waals surface area (Å²) in [5.74, 6) is 0.173. The summed E-state index contributed by atoms with van der Waals surface area (Å²) in [5.41, 5.74) is -0.399. The third-order valence-electron chi connectivity index (χ3n) is 5.46. The lowest BCUT2D eigenvalue weighted by atomic mass is 9.94. The van der Waals surface area contributed by atoms with Crippen LogP contribution in [0.25, 0.3) is 0 Å². The molecule has 152 valence electrons. The van der Waals surface area contributed by atoms with Crippen LogP contribution in [-0.4, -0.2) is 25.3 Å². The van der Waals surface area contributed by atoms with Crippen molar-refractivity contribution in [2.45, 2.75) is 115 Å². The van der Waals surface area contributed by atoms with Gasteiger partial charge in [0.05, 0.1) is 5.60 Å². The van der Waals surface area contributed by atoms with Crippen molar-refractivity contribution in [3.05, 3.63) is 12.2 Å². The minimum absolute atomic E-state index is 0.173. The molecular formula is C23H42O3. The van der Waals surface area contributed by atoms with Gasteiger partial charge in [-0.05, 0) is 18.6 Å². The summed E-state index contributed by atoms with van der Waals surface area (Å²) in [6.45, 7) is 2.54. The van der Waals surface area contributed by atoms with Gasteiger partial charge in [0.2, 0.25) is 0 Å². The largest absolute Gasteiger partial charge is 0.359 e. The molecule has 0 N–H and O–H groups in total. The zero-order valence-corrected chi connectivity index (χ0v) is 17.4. The SMILES string of the molecule is CCCCCCCCCCCCCCCCC1(OCOC)C=CC(=O)C1. The molecule has 0 aliphatic heterocycles. The summed E-state index contributed by atoms with van der Waals surface area (Å²) in [6, 6.07) is 0. The van der Waals surface area contributed by atoms with E-state index in [1.807, 2.05) is 6.08 Å². The number of methoxy groups -OCH3 is 1. The van der Waals surface area contributed by atoms with Crippen LogP contribution in [0.1, 0.15) is 110 Å². The van der Waals surface area contributed by atoms with Crippen LogP contribution in [0.2, 0.25) is 0 Å². The third-order valence-corrected chi connectivity index (χ3v) is 5.46. The zero-order chi connectivity index (χ0) is 18.9. The predicted octanol–water partition coefficient (Wildman–Crippen LogP) is 6.75. The second kappa shape index (κ2) is 15.4. The lowest BCUT2D eigenvalue weighted by Crippen LogP contribution is -2.30. The maximum absolute atomic E-state index is 11.6. The minimum atomic E-state index is -0.399. The number of rotatable bonds is 18. The van der Waals surface area contributed by atoms with E-state index >= 15 is 0 Å². The number of ether oxygens (including phenoxy) is 2. The van der Waals surface area contributed by atoms with Gasteiger partial charge < -0.3 is 9.47 Å². The van der Waals surface area contributed by atoms with Crippen molar-refractivity contribution in [1.29, 1.82) is 0 Å². The number of carbonyl (C=O) groups is 1. The Kier molecular flexibility index (Phi) is 13.8. The molecule has 1 aliphatic rings. The molecule has 0 saturated heterocycles. The van der Waals surface area contributed by atoms with Gasteiger partial charge in [-0.2, -0.15) is 0 Å². The molecule has 1 aliphatic carbocycles. The van der Waals surface area contributed by atoms with Crippen molar-refractivity contribution >= 4 is 5.78 Å². The molecule has 0 saturated carbocycles. The summed E-state index contributed by atoms with van der Waals surface area (Å²) < 4.78 is 10.8. The Morgan fingerprint density at radius 2 is 1.35 bits per heavy atom. The van der Waals surface area contributed by atoms with Gasteiger partial charge in [0.25, 0.3) is 0 Å². The molecule has 3 nitrogen and oxygen atoms in total. The fraction of sp³-hybridized carbons (Fsp3) is 0.870. The Hall–Kier alpha value is -0.670. The Morgan fingerprint density at radius 1 is 0.846 bits per heavy atom. The quantitative estimate of drug-likeness (QED) is 0.199. The molecule has 0 aromatic heterocycles. The second-order valence-corrected chi connectivity index (χ2v) is 7.94. The van der Waals surface area contributed by atoms with Crippen molar-refractivity contribution in [2.75, 3.05) is 13.9 Å². The van der Waals surface area contributed by atoms with Gasteiger partial charge in [-0.25, -0.2) is 0 Å². The molecule has 3 heteroatoms. The smallest absolute Gasteiger partial charge is 0.158 e. The Balaban J connectivity index is 1.91. The molecule has 0 aromatic carbocycles. The van der Waals surface area contributed by atoms with Crippen LogP contribution in [0.5, 0.6) is 0 Å². The first-order chi connectivity index (χ1) is 12.7. The monoisotopic (exact) mass is 366 g/mol. The first-order valence-electron chi connectivity index (χ1n) is 11.1. The maximum atomic E-state index is 11.6. The highest BCUT2D eigenvalue weighted by molar-refractivity contribution is 5.93. The summed E-state index contributed by atoms with van der Waals surface area (Å²) >= 11 is 0. The average Bonchev–Trinajstić information content (AvgIpc) is 3.01. The van der Waals surface area contributed by atoms with Gasteiger partial charge in [-0.15, -0.1) is 0 Å². The van der Waals surface area contributed by atoms with E-state index in [0.717, 1.165) is 12.8 Å². The van der Waals surface area contributed by atoms with Gasteiger partial charge in [-0.3, -0.25) is 4.79 Å². The highest BCUT2D eigenvalue weighted by Crippen LogP contribution is 2.30. The van der Waals surface area contributed by atoms with Crippen LogP contribution in [0, 0.1) is 0 Å². The second-order valence-electron chi connectivity index (χ2n) is 7.94. The van der Waals surface area contributed by atoms with E-state index in [0.29, 0.717) is 6.42 Å². The van der Waals surface area contributed by atoms with E-state index in [1.165, 1.54) is 83.5 Å². The normalized spacial score (nSPS) is 19.5. The highest BCUT2D eigenvalue weighted by Gasteiger charge is 2.34. The maximum Gasteiger partial charge on any atom is 0.158 e. The third kappa shape index (κ3) is 11.1. The van der Waals surface area contributed by atoms with Crippen LogP contribution >= 0.6 is 0 Å². The molecule has 0 radical (unpaired) electrons. The zero-order valence-electron chi connectivity index (χ0n) is 17.4. The number of ketones is 1. The fourth-order valence-corrected chi connectivity index (χ4v) is 3.80. The average molecular weight is 367 g/mol. The molecule has 26 heavy (non-hydrogen) atoms. The Bertz CT molecular complexity index is 378. The van der Waals surface area contributed by atoms with Crippen molar-refractivity contribution in [1.82, 2.24) is 0 Å². The van der Waals surface area contributed by atoms with Crippen molar-refractivity contribution in [3.8, 4) is 0 Å². The van der Waals surface area contributed by atoms with Crippen molar-refractivity contribution in [2.24, 2.45) is 0 Å². The molecule has 1 unspecified atom stereocenters. The molecule has 0 aromatic rings. The summed E-state index contributed by atoms with van der Waals surface area (Å²) in [4.78, 5) is 11.6. The number of allylic oxidation sites excluding steroid dienone is 1. The van der Waals surface area contributed by atoms with Crippen LogP contribution in [-0.2, 0) is 14.3 Å². The van der Waals surface area contributed by atoms with Crippen LogP contribution in [0.4, 0.5) is 0 Å². The summed E-state index contributed by atoms with van der Waals surface area (Å²) in [5, 5.41) is 0.